The summed E-state index contributed by atoms with van der Waals surface area (Å²) in [7, 11) is 0. The zero-order valence-corrected chi connectivity index (χ0v) is 15.4. The molecule has 1 N–H and O–H groups in total. The van der Waals surface area contributed by atoms with Crippen molar-refractivity contribution in [2.45, 2.75) is 13.3 Å². The zero-order valence-electron chi connectivity index (χ0n) is 14.6. The first-order chi connectivity index (χ1) is 13.1. The van der Waals surface area contributed by atoms with E-state index in [1.165, 1.54) is 11.4 Å². The van der Waals surface area contributed by atoms with Crippen molar-refractivity contribution in [1.29, 1.82) is 0 Å². The molecule has 0 aliphatic carbocycles. The summed E-state index contributed by atoms with van der Waals surface area (Å²) in [6, 6.07) is 12.3. The van der Waals surface area contributed by atoms with Gasteiger partial charge in [-0.25, -0.2) is 4.98 Å². The van der Waals surface area contributed by atoms with Crippen molar-refractivity contribution >= 4 is 23.0 Å². The van der Waals surface area contributed by atoms with E-state index in [1.54, 1.807) is 23.7 Å². The molecule has 136 valence electrons. The first kappa shape index (κ1) is 17.2. The Bertz CT molecular complexity index is 1100. The van der Waals surface area contributed by atoms with Crippen molar-refractivity contribution in [1.82, 2.24) is 14.6 Å². The molecule has 0 fully saturated rings. The van der Waals surface area contributed by atoms with Crippen LogP contribution in [0, 0.1) is 0 Å². The van der Waals surface area contributed by atoms with E-state index in [4.69, 9.17) is 4.74 Å². The standard InChI is InChI=1S/C20H17N3O3S/c1-13(24)26-8-7-15-10-21-19-17(11-22-23(19)20(15)25)18-9-16(12-27-18)14-5-3-2-4-6-14/h2-6,9-12,25H,7-8H2,1H3. The van der Waals surface area contributed by atoms with Crippen molar-refractivity contribution in [3.05, 3.63) is 59.7 Å². The van der Waals surface area contributed by atoms with E-state index in [9.17, 15) is 9.90 Å². The Balaban J connectivity index is 1.65. The fraction of sp³-hybridized carbons (Fsp3) is 0.150. The molecule has 0 saturated heterocycles. The Morgan fingerprint density at radius 2 is 2.04 bits per heavy atom. The Kier molecular flexibility index (Phi) is 4.60. The number of carbonyl (C=O) groups is 1. The second-order valence-corrected chi connectivity index (χ2v) is 6.97. The zero-order chi connectivity index (χ0) is 18.8. The van der Waals surface area contributed by atoms with Crippen LogP contribution in [0.15, 0.2) is 54.2 Å². The summed E-state index contributed by atoms with van der Waals surface area (Å²) in [6.45, 7) is 1.54. The molecule has 4 aromatic rings. The van der Waals surface area contributed by atoms with Crippen LogP contribution in [0.2, 0.25) is 0 Å². The summed E-state index contributed by atoms with van der Waals surface area (Å²) in [4.78, 5) is 16.4. The lowest BCUT2D eigenvalue weighted by Crippen LogP contribution is -2.05. The van der Waals surface area contributed by atoms with Crippen molar-refractivity contribution < 1.29 is 14.6 Å². The van der Waals surface area contributed by atoms with Crippen LogP contribution in [-0.4, -0.2) is 32.3 Å². The molecular formula is C20H17N3O3S. The Morgan fingerprint density at radius 3 is 2.81 bits per heavy atom. The van der Waals surface area contributed by atoms with E-state index in [-0.39, 0.29) is 18.5 Å². The van der Waals surface area contributed by atoms with E-state index in [0.717, 1.165) is 21.6 Å². The van der Waals surface area contributed by atoms with Crippen LogP contribution < -0.4 is 0 Å². The highest BCUT2D eigenvalue weighted by Crippen LogP contribution is 2.35. The minimum Gasteiger partial charge on any atom is -0.493 e. The molecular weight excluding hydrogens is 362 g/mol. The molecule has 0 saturated carbocycles. The summed E-state index contributed by atoms with van der Waals surface area (Å²) in [6.07, 6.45) is 3.68. The van der Waals surface area contributed by atoms with Gasteiger partial charge in [0.05, 0.1) is 18.4 Å². The molecule has 0 amide bonds. The summed E-state index contributed by atoms with van der Waals surface area (Å²) in [5.74, 6) is -0.338. The quantitative estimate of drug-likeness (QED) is 0.532. The van der Waals surface area contributed by atoms with Gasteiger partial charge in [-0.05, 0) is 22.6 Å². The van der Waals surface area contributed by atoms with Gasteiger partial charge in [0.1, 0.15) is 0 Å². The van der Waals surface area contributed by atoms with E-state index in [0.29, 0.717) is 17.6 Å². The molecule has 0 unspecified atom stereocenters. The molecule has 1 aromatic carbocycles. The second-order valence-electron chi connectivity index (χ2n) is 6.06. The van der Waals surface area contributed by atoms with Crippen LogP contribution in [0.1, 0.15) is 12.5 Å². The number of nitrogens with zero attached hydrogens (tertiary/aromatic N) is 3. The smallest absolute Gasteiger partial charge is 0.302 e. The number of aromatic nitrogens is 3. The lowest BCUT2D eigenvalue weighted by molar-refractivity contribution is -0.140. The molecule has 7 heteroatoms. The number of hydrogen-bond acceptors (Lipinski definition) is 6. The third kappa shape index (κ3) is 3.41. The molecule has 6 nitrogen and oxygen atoms in total. The third-order valence-corrected chi connectivity index (χ3v) is 5.19. The van der Waals surface area contributed by atoms with Gasteiger partial charge in [-0.15, -0.1) is 11.3 Å². The van der Waals surface area contributed by atoms with Crippen molar-refractivity contribution in [2.24, 2.45) is 0 Å². The highest BCUT2D eigenvalue weighted by Gasteiger charge is 2.15. The monoisotopic (exact) mass is 379 g/mol. The van der Waals surface area contributed by atoms with E-state index < -0.39 is 0 Å². The normalized spacial score (nSPS) is 11.0. The molecule has 0 aliphatic rings. The summed E-state index contributed by atoms with van der Waals surface area (Å²) in [5, 5.41) is 16.9. The molecule has 0 aliphatic heterocycles. The van der Waals surface area contributed by atoms with Crippen LogP contribution in [0.3, 0.4) is 0 Å². The molecule has 27 heavy (non-hydrogen) atoms. The first-order valence-corrected chi connectivity index (χ1v) is 9.33. The fourth-order valence-electron chi connectivity index (χ4n) is 2.87. The first-order valence-electron chi connectivity index (χ1n) is 8.46. The number of esters is 1. The number of fused-ring (bicyclic) bond motifs is 1. The van der Waals surface area contributed by atoms with Gasteiger partial charge < -0.3 is 9.84 Å². The maximum atomic E-state index is 10.9. The predicted molar refractivity (Wildman–Crippen MR) is 104 cm³/mol. The van der Waals surface area contributed by atoms with Crippen LogP contribution in [0.25, 0.3) is 27.2 Å². The SMILES string of the molecule is CC(=O)OCCc1cnc2c(-c3cc(-c4ccccc4)cs3)cnn2c1O. The number of carbonyl (C=O) groups excluding carboxylic acids is 1. The summed E-state index contributed by atoms with van der Waals surface area (Å²) < 4.78 is 6.34. The largest absolute Gasteiger partial charge is 0.493 e. The van der Waals surface area contributed by atoms with Crippen LogP contribution in [-0.2, 0) is 16.0 Å². The Morgan fingerprint density at radius 1 is 1.22 bits per heavy atom. The topological polar surface area (TPSA) is 76.7 Å². The van der Waals surface area contributed by atoms with E-state index in [2.05, 4.69) is 33.7 Å². The van der Waals surface area contributed by atoms with Crippen molar-refractivity contribution in [3.63, 3.8) is 0 Å². The molecule has 0 atom stereocenters. The number of thiophene rings is 1. The minimum absolute atomic E-state index is 0.0123. The van der Waals surface area contributed by atoms with Crippen LogP contribution in [0.4, 0.5) is 0 Å². The minimum atomic E-state index is -0.350. The predicted octanol–water partition coefficient (Wildman–Crippen LogP) is 3.94. The molecule has 0 bridgehead atoms. The van der Waals surface area contributed by atoms with E-state index in [1.807, 2.05) is 18.2 Å². The summed E-state index contributed by atoms with van der Waals surface area (Å²) in [5.41, 5.74) is 4.32. The van der Waals surface area contributed by atoms with Crippen molar-refractivity contribution in [2.75, 3.05) is 6.61 Å². The number of benzene rings is 1. The van der Waals surface area contributed by atoms with Crippen LogP contribution in [0.5, 0.6) is 5.88 Å². The number of ether oxygens (including phenoxy) is 1. The lowest BCUT2D eigenvalue weighted by atomic mass is 10.1. The second kappa shape index (κ2) is 7.20. The molecule has 0 radical (unpaired) electrons. The molecule has 0 spiro atoms. The summed E-state index contributed by atoms with van der Waals surface area (Å²) >= 11 is 1.61. The van der Waals surface area contributed by atoms with Gasteiger partial charge in [0.2, 0.25) is 5.88 Å². The molecule has 3 aromatic heterocycles. The fourth-order valence-corrected chi connectivity index (χ4v) is 3.79. The third-order valence-electron chi connectivity index (χ3n) is 4.22. The average molecular weight is 379 g/mol. The van der Waals surface area contributed by atoms with Gasteiger partial charge >= 0.3 is 5.97 Å². The van der Waals surface area contributed by atoms with Crippen molar-refractivity contribution in [3.8, 4) is 27.4 Å². The Hall–Kier alpha value is -3.19. The van der Waals surface area contributed by atoms with Gasteiger partial charge in [-0.2, -0.15) is 9.61 Å². The molecule has 4 rings (SSSR count). The number of hydrogen-bond donors (Lipinski definition) is 1. The van der Waals surface area contributed by atoms with Gasteiger partial charge in [0.15, 0.2) is 5.65 Å². The van der Waals surface area contributed by atoms with Crippen LogP contribution >= 0.6 is 11.3 Å². The number of rotatable bonds is 5. The van der Waals surface area contributed by atoms with Gasteiger partial charge in [0.25, 0.3) is 0 Å². The van der Waals surface area contributed by atoms with Gasteiger partial charge in [0, 0.05) is 30.0 Å². The maximum Gasteiger partial charge on any atom is 0.302 e. The van der Waals surface area contributed by atoms with Gasteiger partial charge in [-0.3, -0.25) is 4.79 Å². The average Bonchev–Trinajstić information content (AvgIpc) is 3.31. The Labute approximate surface area is 159 Å². The maximum absolute atomic E-state index is 10.9. The van der Waals surface area contributed by atoms with Gasteiger partial charge in [-0.1, -0.05) is 30.3 Å². The number of aromatic hydroxyl groups is 1. The van der Waals surface area contributed by atoms with E-state index >= 15 is 0 Å². The highest BCUT2D eigenvalue weighted by molar-refractivity contribution is 7.14. The lowest BCUT2D eigenvalue weighted by Gasteiger charge is -2.06. The molecule has 3 heterocycles. The highest BCUT2D eigenvalue weighted by atomic mass is 32.1.